The molecule has 0 aliphatic carbocycles. The monoisotopic (exact) mass is 733 g/mol. The van der Waals surface area contributed by atoms with Crippen LogP contribution in [0.5, 0.6) is 11.5 Å². The van der Waals surface area contributed by atoms with E-state index < -0.39 is 20.6 Å². The number of hydrogen-bond acceptors (Lipinski definition) is 7. The molecule has 3 N–H and O–H groups in total. The fourth-order valence-electron chi connectivity index (χ4n) is 5.03. The van der Waals surface area contributed by atoms with E-state index in [4.69, 9.17) is 14.6 Å². The molecule has 0 spiro atoms. The van der Waals surface area contributed by atoms with Gasteiger partial charge in [0.15, 0.2) is 11.5 Å². The fraction of sp³-hybridized carbons (Fsp3) is 0.200. The Morgan fingerprint density at radius 1 is 0.936 bits per heavy atom. The van der Waals surface area contributed by atoms with Crippen LogP contribution < -0.4 is 24.8 Å². The summed E-state index contributed by atoms with van der Waals surface area (Å²) in [6.45, 7) is 0.353. The molecule has 47 heavy (non-hydrogen) atoms. The Morgan fingerprint density at radius 2 is 1.55 bits per heavy atom. The molecule has 1 aliphatic rings. The zero-order valence-corrected chi connectivity index (χ0v) is 28.8. The number of carbonyl (C=O) groups is 2. The quantitative estimate of drug-likeness (QED) is 0.209. The number of halogens is 1. The number of nitrogens with one attached hydrogen (secondary N) is 1. The molecule has 0 bridgehead atoms. The van der Waals surface area contributed by atoms with Gasteiger partial charge in [0.25, 0.3) is 0 Å². The highest BCUT2D eigenvalue weighted by atomic mass is 79.9. The van der Waals surface area contributed by atoms with Crippen molar-refractivity contribution in [1.82, 2.24) is 5.32 Å². The highest BCUT2D eigenvalue weighted by Crippen LogP contribution is 2.46. The number of thioether (sulfide) groups is 1. The number of methoxy groups -OCH3 is 2. The number of rotatable bonds is 10. The molecule has 2 atom stereocenters. The number of carbonyl (C=O) groups excluding carboxylic acids is 2. The van der Waals surface area contributed by atoms with E-state index in [2.05, 4.69) is 33.1 Å². The maximum absolute atomic E-state index is 13.8. The van der Waals surface area contributed by atoms with Gasteiger partial charge in [0.1, 0.15) is 5.37 Å². The molecule has 0 saturated carbocycles. The zero-order valence-electron chi connectivity index (χ0n) is 25.6. The molecule has 1 aliphatic heterocycles. The topological polar surface area (TPSA) is 128 Å². The van der Waals surface area contributed by atoms with Gasteiger partial charge in [-0.3, -0.25) is 14.5 Å². The lowest BCUT2D eigenvalue weighted by atomic mass is 10.1. The largest absolute Gasteiger partial charge is 0.493 e. The highest BCUT2D eigenvalue weighted by Gasteiger charge is 2.42. The maximum Gasteiger partial charge on any atom is 0.241 e. The molecule has 4 aromatic rings. The first-order valence-corrected chi connectivity index (χ1v) is 17.8. The van der Waals surface area contributed by atoms with Crippen LogP contribution in [-0.4, -0.2) is 46.2 Å². The smallest absolute Gasteiger partial charge is 0.241 e. The minimum Gasteiger partial charge on any atom is -0.493 e. The Morgan fingerprint density at radius 3 is 2.17 bits per heavy atom. The zero-order chi connectivity index (χ0) is 33.6. The van der Waals surface area contributed by atoms with Crippen LogP contribution in [0.2, 0.25) is 0 Å². The molecular weight excluding hydrogens is 702 g/mol. The van der Waals surface area contributed by atoms with Crippen molar-refractivity contribution in [3.05, 3.63) is 118 Å². The van der Waals surface area contributed by atoms with Crippen molar-refractivity contribution in [3.8, 4) is 23.3 Å². The predicted molar refractivity (Wildman–Crippen MR) is 187 cm³/mol. The lowest BCUT2D eigenvalue weighted by Gasteiger charge is -2.24. The van der Waals surface area contributed by atoms with E-state index in [-0.39, 0.29) is 23.1 Å². The Labute approximate surface area is 287 Å². The number of anilines is 1. The first-order chi connectivity index (χ1) is 22.6. The van der Waals surface area contributed by atoms with Crippen molar-refractivity contribution in [3.63, 3.8) is 0 Å². The average Bonchev–Trinajstić information content (AvgIpc) is 3.39. The lowest BCUT2D eigenvalue weighted by molar-refractivity contribution is -0.124. The summed E-state index contributed by atoms with van der Waals surface area (Å²) in [4.78, 5) is 28.4. The number of sulfonamides is 1. The van der Waals surface area contributed by atoms with Crippen molar-refractivity contribution in [2.75, 3.05) is 25.7 Å². The van der Waals surface area contributed by atoms with E-state index in [1.54, 1.807) is 31.3 Å². The minimum atomic E-state index is -3.91. The van der Waals surface area contributed by atoms with Gasteiger partial charge >= 0.3 is 0 Å². The predicted octanol–water partition coefficient (Wildman–Crippen LogP) is 5.41. The SMILES string of the molecule is COc1cc(Br)c(CCNC(=O)C[C@H]2S[C@@H](c3ccc(C#Cc4ccccc4)cc3)N(c3ccc(S(N)(=O)=O)cc3)C2=O)cc1OC. The summed E-state index contributed by atoms with van der Waals surface area (Å²) >= 11 is 4.91. The van der Waals surface area contributed by atoms with Crippen LogP contribution in [-0.2, 0) is 26.0 Å². The van der Waals surface area contributed by atoms with E-state index in [9.17, 15) is 18.0 Å². The van der Waals surface area contributed by atoms with E-state index in [1.165, 1.54) is 23.9 Å². The summed E-state index contributed by atoms with van der Waals surface area (Å²) in [5.74, 6) is 6.96. The third kappa shape index (κ3) is 8.36. The van der Waals surface area contributed by atoms with Gasteiger partial charge < -0.3 is 14.8 Å². The van der Waals surface area contributed by atoms with Crippen molar-refractivity contribution < 1.29 is 27.5 Å². The number of amides is 2. The van der Waals surface area contributed by atoms with E-state index in [0.717, 1.165) is 26.7 Å². The van der Waals surface area contributed by atoms with Gasteiger partial charge in [0.05, 0.1) is 24.4 Å². The van der Waals surface area contributed by atoms with Gasteiger partial charge in [-0.1, -0.05) is 58.1 Å². The molecule has 4 aromatic carbocycles. The van der Waals surface area contributed by atoms with E-state index in [0.29, 0.717) is 30.2 Å². The van der Waals surface area contributed by atoms with Crippen LogP contribution in [0.15, 0.2) is 100 Å². The molecule has 12 heteroatoms. The van der Waals surface area contributed by atoms with Crippen LogP contribution in [0.4, 0.5) is 5.69 Å². The van der Waals surface area contributed by atoms with Gasteiger partial charge in [0, 0.05) is 34.3 Å². The van der Waals surface area contributed by atoms with Gasteiger partial charge in [-0.15, -0.1) is 11.8 Å². The number of ether oxygens (including phenoxy) is 2. The molecular formula is C35H32BrN3O6S2. The first-order valence-electron chi connectivity index (χ1n) is 14.5. The van der Waals surface area contributed by atoms with Gasteiger partial charge in [-0.05, 0) is 78.2 Å². The number of benzene rings is 4. The third-order valence-electron chi connectivity index (χ3n) is 7.44. The molecule has 1 fully saturated rings. The van der Waals surface area contributed by atoms with Gasteiger partial charge in [0.2, 0.25) is 21.8 Å². The second kappa shape index (κ2) is 15.1. The molecule has 0 aromatic heterocycles. The molecule has 1 heterocycles. The number of primary sulfonamides is 1. The van der Waals surface area contributed by atoms with Crippen molar-refractivity contribution in [2.24, 2.45) is 5.14 Å². The van der Waals surface area contributed by atoms with Gasteiger partial charge in [-0.2, -0.15) is 0 Å². The van der Waals surface area contributed by atoms with Crippen LogP contribution in [0.25, 0.3) is 0 Å². The average molecular weight is 735 g/mol. The van der Waals surface area contributed by atoms with Crippen molar-refractivity contribution >= 4 is 55.2 Å². The Hall–Kier alpha value is -4.28. The molecule has 242 valence electrons. The first kappa shape index (κ1) is 34.1. The summed E-state index contributed by atoms with van der Waals surface area (Å²) in [6.07, 6.45) is 0.503. The van der Waals surface area contributed by atoms with Crippen molar-refractivity contribution in [2.45, 2.75) is 28.4 Å². The lowest BCUT2D eigenvalue weighted by Crippen LogP contribution is -2.34. The van der Waals surface area contributed by atoms with Crippen LogP contribution in [0, 0.1) is 11.8 Å². The summed E-state index contributed by atoms with van der Waals surface area (Å²) in [7, 11) is -0.783. The summed E-state index contributed by atoms with van der Waals surface area (Å²) in [5, 5.41) is 7.10. The summed E-state index contributed by atoms with van der Waals surface area (Å²) in [5.41, 5.74) is 3.98. The van der Waals surface area contributed by atoms with E-state index >= 15 is 0 Å². The second-order valence-electron chi connectivity index (χ2n) is 10.6. The fourth-order valence-corrected chi connectivity index (χ4v) is 7.52. The van der Waals surface area contributed by atoms with Crippen LogP contribution in [0.1, 0.15) is 34.0 Å². The maximum atomic E-state index is 13.8. The van der Waals surface area contributed by atoms with Crippen molar-refractivity contribution in [1.29, 1.82) is 0 Å². The van der Waals surface area contributed by atoms with Gasteiger partial charge in [-0.25, -0.2) is 13.6 Å². The molecule has 9 nitrogen and oxygen atoms in total. The Bertz CT molecular complexity index is 1930. The molecule has 0 unspecified atom stereocenters. The normalized spacial score (nSPS) is 15.9. The van der Waals surface area contributed by atoms with Crippen LogP contribution >= 0.6 is 27.7 Å². The third-order valence-corrected chi connectivity index (χ3v) is 10.5. The minimum absolute atomic E-state index is 0.0283. The molecule has 5 rings (SSSR count). The van der Waals surface area contributed by atoms with Crippen LogP contribution in [0.3, 0.4) is 0 Å². The Kier molecular flexibility index (Phi) is 10.9. The van der Waals surface area contributed by atoms with E-state index in [1.807, 2.05) is 66.7 Å². The number of nitrogens with zero attached hydrogens (tertiary/aromatic N) is 1. The highest BCUT2D eigenvalue weighted by molar-refractivity contribution is 9.10. The summed E-state index contributed by atoms with van der Waals surface area (Å²) in [6, 6.07) is 26.8. The summed E-state index contributed by atoms with van der Waals surface area (Å²) < 4.78 is 35.2. The standard InChI is InChI=1S/C35H32BrN3O6S2/c1-44-30-20-26(29(36)21-31(30)45-2)18-19-38-33(40)22-32-34(41)39(27-14-16-28(17-15-27)47(37,42)43)35(46-32)25-12-10-24(11-13-25)9-8-23-6-4-3-5-7-23/h3-7,10-17,20-21,32,35H,18-19,22H2,1-2H3,(H,38,40)(H2,37,42,43)/t32-,35+/m1/s1. The molecule has 2 amide bonds. The number of hydrogen-bond donors (Lipinski definition) is 2. The molecule has 0 radical (unpaired) electrons. The second-order valence-corrected chi connectivity index (χ2v) is 14.3. The molecule has 1 saturated heterocycles. The number of nitrogens with two attached hydrogens (primary N) is 1. The Balaban J connectivity index is 1.32.